The van der Waals surface area contributed by atoms with Crippen LogP contribution >= 0.6 is 11.8 Å². The summed E-state index contributed by atoms with van der Waals surface area (Å²) in [5.74, 6) is -5.59. The van der Waals surface area contributed by atoms with E-state index < -0.39 is 72.6 Å². The van der Waals surface area contributed by atoms with Gasteiger partial charge in [-0.15, -0.1) is 0 Å². The minimum Gasteiger partial charge on any atom is -0.508 e. The van der Waals surface area contributed by atoms with Crippen molar-refractivity contribution >= 4 is 47.3 Å². The molecule has 1 aromatic rings. The molecule has 1 rings (SSSR count). The van der Waals surface area contributed by atoms with E-state index in [1.165, 1.54) is 36.0 Å². The van der Waals surface area contributed by atoms with Gasteiger partial charge in [0.2, 0.25) is 23.6 Å². The van der Waals surface area contributed by atoms with Gasteiger partial charge >= 0.3 is 11.9 Å². The van der Waals surface area contributed by atoms with E-state index in [-0.39, 0.29) is 25.0 Å². The number of aromatic hydroxyl groups is 1. The number of amides is 4. The second kappa shape index (κ2) is 16.1. The van der Waals surface area contributed by atoms with Crippen LogP contribution in [0.5, 0.6) is 5.75 Å². The van der Waals surface area contributed by atoms with Gasteiger partial charge in [-0.05, 0) is 42.5 Å². The van der Waals surface area contributed by atoms with Crippen molar-refractivity contribution in [1.29, 1.82) is 0 Å². The van der Waals surface area contributed by atoms with Crippen LogP contribution in [0.1, 0.15) is 31.2 Å². The molecule has 0 heterocycles. The minimum absolute atomic E-state index is 0.0213. The van der Waals surface area contributed by atoms with Crippen LogP contribution < -0.4 is 27.4 Å². The number of carbonyl (C=O) groups excluding carboxylic acids is 4. The lowest BCUT2D eigenvalue weighted by Crippen LogP contribution is -2.58. The fraction of sp³-hybridized carbons (Fsp3) is 0.478. The van der Waals surface area contributed by atoms with Crippen molar-refractivity contribution in [1.82, 2.24) is 16.0 Å². The summed E-state index contributed by atoms with van der Waals surface area (Å²) in [7, 11) is 0. The lowest BCUT2D eigenvalue weighted by atomic mass is 10.0. The van der Waals surface area contributed by atoms with Gasteiger partial charge in [0.25, 0.3) is 0 Å². The summed E-state index contributed by atoms with van der Waals surface area (Å²) in [6.07, 6.45) is 0.463. The van der Waals surface area contributed by atoms with Crippen molar-refractivity contribution in [3.05, 3.63) is 29.8 Å². The van der Waals surface area contributed by atoms with Crippen LogP contribution in [0, 0.1) is 0 Å². The Balaban J connectivity index is 3.12. The monoisotopic (exact) mass is 555 g/mol. The number of thioether (sulfide) groups is 1. The summed E-state index contributed by atoms with van der Waals surface area (Å²) >= 11 is 1.37. The first kappa shape index (κ1) is 32.2. The third-order valence-electron chi connectivity index (χ3n) is 5.27. The first-order chi connectivity index (χ1) is 17.8. The molecular weight excluding hydrogens is 522 g/mol. The van der Waals surface area contributed by atoms with E-state index in [0.717, 1.165) is 0 Å². The Hall–Kier alpha value is -3.85. The summed E-state index contributed by atoms with van der Waals surface area (Å²) in [5, 5.41) is 34.9. The number of nitrogens with two attached hydrogens (primary N) is 2. The van der Waals surface area contributed by atoms with Crippen molar-refractivity contribution in [2.75, 3.05) is 12.0 Å². The number of carbonyl (C=O) groups is 6. The predicted octanol–water partition coefficient (Wildman–Crippen LogP) is -1.71. The number of benzene rings is 1. The van der Waals surface area contributed by atoms with Crippen LogP contribution in [0.25, 0.3) is 0 Å². The summed E-state index contributed by atoms with van der Waals surface area (Å²) in [6.45, 7) is 0. The van der Waals surface area contributed by atoms with Crippen LogP contribution in [0.3, 0.4) is 0 Å². The average molecular weight is 556 g/mol. The third-order valence-corrected chi connectivity index (χ3v) is 5.92. The van der Waals surface area contributed by atoms with Gasteiger partial charge in [-0.1, -0.05) is 12.1 Å². The highest BCUT2D eigenvalue weighted by molar-refractivity contribution is 7.98. The summed E-state index contributed by atoms with van der Waals surface area (Å²) in [4.78, 5) is 72.1. The Kier molecular flexibility index (Phi) is 13.6. The fourth-order valence-electron chi connectivity index (χ4n) is 3.24. The molecule has 0 aliphatic carbocycles. The van der Waals surface area contributed by atoms with Crippen molar-refractivity contribution in [3.8, 4) is 5.75 Å². The van der Waals surface area contributed by atoms with E-state index in [1.807, 2.05) is 0 Å². The minimum atomic E-state index is -1.49. The second-order valence-electron chi connectivity index (χ2n) is 8.38. The van der Waals surface area contributed by atoms with Gasteiger partial charge in [-0.3, -0.25) is 24.0 Å². The molecule has 0 aromatic heterocycles. The first-order valence-corrected chi connectivity index (χ1v) is 12.9. The van der Waals surface area contributed by atoms with E-state index in [1.54, 1.807) is 6.26 Å². The molecule has 10 N–H and O–H groups in total. The maximum absolute atomic E-state index is 13.2. The number of phenolic OH excluding ortho intramolecular Hbond substituents is 1. The van der Waals surface area contributed by atoms with Gasteiger partial charge in [-0.25, -0.2) is 4.79 Å². The molecular formula is C23H33N5O9S. The molecule has 4 amide bonds. The molecule has 0 radical (unpaired) electrons. The molecule has 0 saturated carbocycles. The maximum atomic E-state index is 13.2. The van der Waals surface area contributed by atoms with Crippen LogP contribution in [0.4, 0.5) is 0 Å². The zero-order valence-corrected chi connectivity index (χ0v) is 21.5. The lowest BCUT2D eigenvalue weighted by molar-refractivity contribution is -0.143. The smallest absolute Gasteiger partial charge is 0.326 e. The predicted molar refractivity (Wildman–Crippen MR) is 137 cm³/mol. The number of aliphatic carboxylic acids is 2. The Morgan fingerprint density at radius 2 is 1.42 bits per heavy atom. The van der Waals surface area contributed by atoms with E-state index in [0.29, 0.717) is 11.3 Å². The van der Waals surface area contributed by atoms with E-state index >= 15 is 0 Å². The molecule has 0 saturated heterocycles. The Morgan fingerprint density at radius 3 is 1.95 bits per heavy atom. The molecule has 38 heavy (non-hydrogen) atoms. The molecule has 0 aliphatic heterocycles. The van der Waals surface area contributed by atoms with Gasteiger partial charge in [-0.2, -0.15) is 11.8 Å². The Morgan fingerprint density at radius 1 is 0.868 bits per heavy atom. The maximum Gasteiger partial charge on any atom is 0.326 e. The van der Waals surface area contributed by atoms with Gasteiger partial charge in [0.05, 0.1) is 12.5 Å². The number of carboxylic acid groups (broad SMARTS) is 2. The number of carboxylic acids is 2. The van der Waals surface area contributed by atoms with Crippen LogP contribution in [0.2, 0.25) is 0 Å². The highest BCUT2D eigenvalue weighted by atomic mass is 32.2. The average Bonchev–Trinajstić information content (AvgIpc) is 2.83. The summed E-state index contributed by atoms with van der Waals surface area (Å²) in [5.41, 5.74) is 11.3. The van der Waals surface area contributed by atoms with Gasteiger partial charge in [0, 0.05) is 12.8 Å². The van der Waals surface area contributed by atoms with E-state index in [2.05, 4.69) is 16.0 Å². The van der Waals surface area contributed by atoms with E-state index in [4.69, 9.17) is 16.6 Å². The van der Waals surface area contributed by atoms with Gasteiger partial charge in [0.1, 0.15) is 23.9 Å². The number of hydrogen-bond donors (Lipinski definition) is 8. The van der Waals surface area contributed by atoms with Crippen LogP contribution in [-0.4, -0.2) is 87.1 Å². The zero-order valence-electron chi connectivity index (χ0n) is 20.7. The Labute approximate surface area is 222 Å². The Bertz CT molecular complexity index is 1010. The third kappa shape index (κ3) is 11.9. The zero-order chi connectivity index (χ0) is 28.8. The van der Waals surface area contributed by atoms with Crippen molar-refractivity contribution in [2.24, 2.45) is 11.5 Å². The molecule has 0 aliphatic rings. The molecule has 4 unspecified atom stereocenters. The lowest BCUT2D eigenvalue weighted by Gasteiger charge is -2.25. The van der Waals surface area contributed by atoms with Crippen molar-refractivity contribution in [2.45, 2.75) is 56.3 Å². The summed E-state index contributed by atoms with van der Waals surface area (Å²) < 4.78 is 0. The number of nitrogens with one attached hydrogen (secondary N) is 3. The van der Waals surface area contributed by atoms with Crippen molar-refractivity contribution < 1.29 is 44.1 Å². The number of phenols is 1. The molecule has 210 valence electrons. The SMILES string of the molecule is CSCCC(NC(=O)C(Cc1ccc(O)cc1)NC(=O)C(N)CC(N)=O)C(=O)NC(CCC(=O)O)C(=O)O. The normalized spacial score (nSPS) is 13.8. The standard InChI is InChI=1S/C23H33N5O9S/c1-38-9-8-15(21(34)27-16(23(36)37)6-7-19(31)32)26-22(35)17(10-12-2-4-13(29)5-3-12)28-20(33)14(24)11-18(25)30/h2-5,14-17,29H,6-11,24H2,1H3,(H2,25,30)(H,26,35)(H,27,34)(H,28,33)(H,31,32)(H,36,37). The molecule has 14 nitrogen and oxygen atoms in total. The molecule has 0 bridgehead atoms. The topological polar surface area (TPSA) is 251 Å². The quantitative estimate of drug-likeness (QED) is 0.107. The highest BCUT2D eigenvalue weighted by Crippen LogP contribution is 2.12. The molecule has 0 fully saturated rings. The van der Waals surface area contributed by atoms with Crippen LogP contribution in [0.15, 0.2) is 24.3 Å². The molecule has 15 heteroatoms. The number of primary amides is 1. The highest BCUT2D eigenvalue weighted by Gasteiger charge is 2.30. The fourth-order valence-corrected chi connectivity index (χ4v) is 3.71. The van der Waals surface area contributed by atoms with Crippen LogP contribution in [-0.2, 0) is 35.2 Å². The second-order valence-corrected chi connectivity index (χ2v) is 9.37. The van der Waals surface area contributed by atoms with Gasteiger partial charge < -0.3 is 42.7 Å². The molecule has 0 spiro atoms. The molecule has 1 aromatic carbocycles. The first-order valence-electron chi connectivity index (χ1n) is 11.5. The van der Waals surface area contributed by atoms with Gasteiger partial charge in [0.15, 0.2) is 0 Å². The largest absolute Gasteiger partial charge is 0.508 e. The van der Waals surface area contributed by atoms with E-state index in [9.17, 15) is 39.0 Å². The molecule has 4 atom stereocenters. The van der Waals surface area contributed by atoms with Crippen molar-refractivity contribution in [3.63, 3.8) is 0 Å². The summed E-state index contributed by atoms with van der Waals surface area (Å²) in [6, 6.07) is 0.491. The number of hydrogen-bond acceptors (Lipinski definition) is 9. The number of rotatable bonds is 17.